The fourth-order valence-electron chi connectivity index (χ4n) is 2.95. The van der Waals surface area contributed by atoms with E-state index in [1.165, 1.54) is 5.56 Å². The molecule has 1 aliphatic rings. The molecule has 1 N–H and O–H groups in total. The standard InChI is InChI=1S/C18H28N2O2/c1-18(2,22)15-19-11-13-20(14-12-19)17(21)10-6-9-16-7-4-3-5-8-16/h3-5,7-8,22H,6,9-15H2,1-2H3. The number of hydrogen-bond donors (Lipinski definition) is 1. The third-order valence-corrected chi connectivity index (χ3v) is 4.03. The summed E-state index contributed by atoms with van der Waals surface area (Å²) < 4.78 is 0. The smallest absolute Gasteiger partial charge is 0.222 e. The van der Waals surface area contributed by atoms with Crippen molar-refractivity contribution in [3.05, 3.63) is 35.9 Å². The highest BCUT2D eigenvalue weighted by Crippen LogP contribution is 2.11. The summed E-state index contributed by atoms with van der Waals surface area (Å²) in [4.78, 5) is 16.4. The molecule has 122 valence electrons. The number of piperazine rings is 1. The van der Waals surface area contributed by atoms with Crippen LogP contribution in [0.25, 0.3) is 0 Å². The zero-order valence-electron chi connectivity index (χ0n) is 13.8. The molecule has 1 heterocycles. The van der Waals surface area contributed by atoms with Crippen molar-refractivity contribution in [3.8, 4) is 0 Å². The highest BCUT2D eigenvalue weighted by atomic mass is 16.3. The summed E-state index contributed by atoms with van der Waals surface area (Å²) in [5.74, 6) is 0.263. The van der Waals surface area contributed by atoms with Crippen LogP contribution in [-0.2, 0) is 11.2 Å². The van der Waals surface area contributed by atoms with E-state index < -0.39 is 5.60 Å². The maximum absolute atomic E-state index is 12.2. The fourth-order valence-corrected chi connectivity index (χ4v) is 2.95. The second-order valence-corrected chi connectivity index (χ2v) is 6.81. The Hall–Kier alpha value is -1.39. The van der Waals surface area contributed by atoms with Crippen LogP contribution >= 0.6 is 0 Å². The van der Waals surface area contributed by atoms with Crippen molar-refractivity contribution < 1.29 is 9.90 Å². The van der Waals surface area contributed by atoms with Gasteiger partial charge in [0.1, 0.15) is 0 Å². The van der Waals surface area contributed by atoms with Crippen LogP contribution in [-0.4, -0.2) is 59.1 Å². The minimum Gasteiger partial charge on any atom is -0.389 e. The zero-order valence-corrected chi connectivity index (χ0v) is 13.8. The average Bonchev–Trinajstić information content (AvgIpc) is 2.47. The van der Waals surface area contributed by atoms with Crippen LogP contribution in [0, 0.1) is 0 Å². The van der Waals surface area contributed by atoms with Crippen LogP contribution in [0.15, 0.2) is 30.3 Å². The minimum absolute atomic E-state index is 0.263. The number of β-amino-alcohol motifs (C(OH)–C–C–N with tert-alkyl or cyclic N) is 1. The lowest BCUT2D eigenvalue weighted by atomic mass is 10.1. The Balaban J connectivity index is 1.67. The molecule has 1 aromatic rings. The number of nitrogens with zero attached hydrogens (tertiary/aromatic N) is 2. The Morgan fingerprint density at radius 2 is 1.77 bits per heavy atom. The third kappa shape index (κ3) is 5.78. The summed E-state index contributed by atoms with van der Waals surface area (Å²) in [6.07, 6.45) is 2.50. The zero-order chi connectivity index (χ0) is 16.0. The number of aliphatic hydroxyl groups is 1. The van der Waals surface area contributed by atoms with E-state index in [9.17, 15) is 9.90 Å². The van der Waals surface area contributed by atoms with E-state index in [0.29, 0.717) is 13.0 Å². The van der Waals surface area contributed by atoms with E-state index in [1.807, 2.05) is 36.9 Å². The van der Waals surface area contributed by atoms with Gasteiger partial charge in [0, 0.05) is 39.1 Å². The van der Waals surface area contributed by atoms with Gasteiger partial charge in [-0.25, -0.2) is 0 Å². The Morgan fingerprint density at radius 1 is 1.14 bits per heavy atom. The number of benzene rings is 1. The highest BCUT2D eigenvalue weighted by Gasteiger charge is 2.24. The van der Waals surface area contributed by atoms with Crippen molar-refractivity contribution in [1.29, 1.82) is 0 Å². The molecule has 4 heteroatoms. The average molecular weight is 304 g/mol. The summed E-state index contributed by atoms with van der Waals surface area (Å²) in [5.41, 5.74) is 0.632. The molecule has 0 saturated carbocycles. The normalized spacial score (nSPS) is 16.8. The maximum atomic E-state index is 12.2. The van der Waals surface area contributed by atoms with E-state index in [1.54, 1.807) is 0 Å². The van der Waals surface area contributed by atoms with Crippen LogP contribution in [0.5, 0.6) is 0 Å². The molecule has 1 aliphatic heterocycles. The first-order chi connectivity index (χ1) is 10.4. The van der Waals surface area contributed by atoms with Gasteiger partial charge in [0.15, 0.2) is 0 Å². The molecule has 4 nitrogen and oxygen atoms in total. The Bertz CT molecular complexity index is 460. The van der Waals surface area contributed by atoms with Crippen molar-refractivity contribution in [2.45, 2.75) is 38.7 Å². The number of rotatable bonds is 6. The maximum Gasteiger partial charge on any atom is 0.222 e. The van der Waals surface area contributed by atoms with E-state index in [2.05, 4.69) is 17.0 Å². The molecular formula is C18H28N2O2. The SMILES string of the molecule is CC(C)(O)CN1CCN(C(=O)CCCc2ccccc2)CC1. The van der Waals surface area contributed by atoms with E-state index in [-0.39, 0.29) is 5.91 Å². The highest BCUT2D eigenvalue weighted by molar-refractivity contribution is 5.76. The lowest BCUT2D eigenvalue weighted by Crippen LogP contribution is -2.51. The monoisotopic (exact) mass is 304 g/mol. The Labute approximate surface area is 133 Å². The number of hydrogen-bond acceptors (Lipinski definition) is 3. The van der Waals surface area contributed by atoms with Gasteiger partial charge in [0.2, 0.25) is 5.91 Å². The molecule has 0 atom stereocenters. The second kappa shape index (κ2) is 7.75. The Morgan fingerprint density at radius 3 is 2.36 bits per heavy atom. The molecule has 1 fully saturated rings. The van der Waals surface area contributed by atoms with E-state index in [4.69, 9.17) is 0 Å². The topological polar surface area (TPSA) is 43.8 Å². The molecule has 2 rings (SSSR count). The molecular weight excluding hydrogens is 276 g/mol. The second-order valence-electron chi connectivity index (χ2n) is 6.81. The molecule has 1 amide bonds. The summed E-state index contributed by atoms with van der Waals surface area (Å²) in [5, 5.41) is 9.85. The molecule has 22 heavy (non-hydrogen) atoms. The van der Waals surface area contributed by atoms with Gasteiger partial charge in [-0.15, -0.1) is 0 Å². The molecule has 0 aliphatic carbocycles. The first-order valence-corrected chi connectivity index (χ1v) is 8.20. The van der Waals surface area contributed by atoms with Gasteiger partial charge in [-0.05, 0) is 32.3 Å². The summed E-state index contributed by atoms with van der Waals surface area (Å²) in [6.45, 7) is 7.59. The van der Waals surface area contributed by atoms with Crippen LogP contribution in [0.3, 0.4) is 0 Å². The van der Waals surface area contributed by atoms with Crippen LogP contribution in [0.1, 0.15) is 32.3 Å². The quantitative estimate of drug-likeness (QED) is 0.873. The molecule has 0 radical (unpaired) electrons. The fraction of sp³-hybridized carbons (Fsp3) is 0.611. The molecule has 0 bridgehead atoms. The number of carbonyl (C=O) groups is 1. The van der Waals surface area contributed by atoms with Gasteiger partial charge in [-0.1, -0.05) is 30.3 Å². The molecule has 1 aromatic carbocycles. The number of carbonyl (C=O) groups excluding carboxylic acids is 1. The van der Waals surface area contributed by atoms with Crippen LogP contribution in [0.4, 0.5) is 0 Å². The summed E-state index contributed by atoms with van der Waals surface area (Å²) >= 11 is 0. The summed E-state index contributed by atoms with van der Waals surface area (Å²) in [6, 6.07) is 10.3. The predicted molar refractivity (Wildman–Crippen MR) is 88.7 cm³/mol. The molecule has 0 aromatic heterocycles. The molecule has 0 unspecified atom stereocenters. The van der Waals surface area contributed by atoms with Crippen molar-refractivity contribution >= 4 is 5.91 Å². The largest absolute Gasteiger partial charge is 0.389 e. The van der Waals surface area contributed by atoms with Crippen LogP contribution < -0.4 is 0 Å². The van der Waals surface area contributed by atoms with Crippen molar-refractivity contribution in [3.63, 3.8) is 0 Å². The van der Waals surface area contributed by atoms with Crippen molar-refractivity contribution in [1.82, 2.24) is 9.80 Å². The van der Waals surface area contributed by atoms with Gasteiger partial charge in [-0.3, -0.25) is 9.69 Å². The number of aryl methyl sites for hydroxylation is 1. The lowest BCUT2D eigenvalue weighted by Gasteiger charge is -2.37. The lowest BCUT2D eigenvalue weighted by molar-refractivity contribution is -0.133. The molecule has 1 saturated heterocycles. The third-order valence-electron chi connectivity index (χ3n) is 4.03. The van der Waals surface area contributed by atoms with Crippen molar-refractivity contribution in [2.24, 2.45) is 0 Å². The van der Waals surface area contributed by atoms with Crippen molar-refractivity contribution in [2.75, 3.05) is 32.7 Å². The van der Waals surface area contributed by atoms with Gasteiger partial charge >= 0.3 is 0 Å². The van der Waals surface area contributed by atoms with Gasteiger partial charge in [0.25, 0.3) is 0 Å². The minimum atomic E-state index is -0.665. The number of amides is 1. The predicted octanol–water partition coefficient (Wildman–Crippen LogP) is 1.92. The van der Waals surface area contributed by atoms with Gasteiger partial charge in [0.05, 0.1) is 5.60 Å². The summed E-state index contributed by atoms with van der Waals surface area (Å²) in [7, 11) is 0. The van der Waals surface area contributed by atoms with E-state index >= 15 is 0 Å². The first-order valence-electron chi connectivity index (χ1n) is 8.20. The van der Waals surface area contributed by atoms with E-state index in [0.717, 1.165) is 39.0 Å². The van der Waals surface area contributed by atoms with Gasteiger partial charge < -0.3 is 10.0 Å². The van der Waals surface area contributed by atoms with Crippen LogP contribution in [0.2, 0.25) is 0 Å². The Kier molecular flexibility index (Phi) is 5.98. The van der Waals surface area contributed by atoms with Gasteiger partial charge in [-0.2, -0.15) is 0 Å². The first kappa shape index (κ1) is 17.0. The molecule has 0 spiro atoms.